The molecule has 4 rings (SSSR count). The summed E-state index contributed by atoms with van der Waals surface area (Å²) in [6, 6.07) is 21.9. The molecule has 0 aliphatic heterocycles. The van der Waals surface area contributed by atoms with Crippen LogP contribution >= 0.6 is 11.6 Å². The van der Waals surface area contributed by atoms with Gasteiger partial charge in [-0.15, -0.1) is 0 Å². The van der Waals surface area contributed by atoms with Gasteiger partial charge in [-0.1, -0.05) is 54.1 Å². The molecule has 1 aliphatic carbocycles. The number of rotatable bonds is 3. The van der Waals surface area contributed by atoms with Crippen LogP contribution in [0.2, 0.25) is 5.02 Å². The predicted octanol–water partition coefficient (Wildman–Crippen LogP) is 5.56. The normalized spacial score (nSPS) is 12.0. The van der Waals surface area contributed by atoms with E-state index >= 15 is 0 Å². The van der Waals surface area contributed by atoms with Gasteiger partial charge in [-0.05, 0) is 64.6 Å². The molecule has 0 aromatic heterocycles. The van der Waals surface area contributed by atoms with Crippen molar-refractivity contribution in [3.05, 3.63) is 94.5 Å². The minimum absolute atomic E-state index is 0.148. The highest BCUT2D eigenvalue weighted by Crippen LogP contribution is 2.37. The minimum atomic E-state index is -0.148. The predicted molar refractivity (Wildman–Crippen MR) is 104 cm³/mol. The number of amides is 1. The Kier molecular flexibility index (Phi) is 4.12. The molecule has 3 aromatic rings. The van der Waals surface area contributed by atoms with Gasteiger partial charge in [-0.2, -0.15) is 0 Å². The Balaban J connectivity index is 1.48. The lowest BCUT2D eigenvalue weighted by molar-refractivity contribution is -0.111. The highest BCUT2D eigenvalue weighted by atomic mass is 35.5. The number of benzene rings is 3. The molecule has 3 heteroatoms. The van der Waals surface area contributed by atoms with E-state index in [1.165, 1.54) is 28.3 Å². The molecule has 1 N–H and O–H groups in total. The fraction of sp³-hybridized carbons (Fsp3) is 0.0455. The molecular weight excluding hydrogens is 330 g/mol. The Morgan fingerprint density at radius 2 is 1.68 bits per heavy atom. The Labute approximate surface area is 151 Å². The van der Waals surface area contributed by atoms with Crippen LogP contribution in [0.4, 0.5) is 5.69 Å². The Morgan fingerprint density at radius 1 is 0.920 bits per heavy atom. The van der Waals surface area contributed by atoms with Gasteiger partial charge in [0.05, 0.1) is 0 Å². The lowest BCUT2D eigenvalue weighted by Gasteiger charge is -2.06. The molecule has 122 valence electrons. The lowest BCUT2D eigenvalue weighted by Crippen LogP contribution is -2.07. The largest absolute Gasteiger partial charge is 0.323 e. The molecule has 0 bridgehead atoms. The van der Waals surface area contributed by atoms with Gasteiger partial charge in [0, 0.05) is 16.8 Å². The topological polar surface area (TPSA) is 29.1 Å². The summed E-state index contributed by atoms with van der Waals surface area (Å²) in [4.78, 5) is 12.1. The van der Waals surface area contributed by atoms with Gasteiger partial charge in [0.1, 0.15) is 0 Å². The third-order valence-corrected chi connectivity index (χ3v) is 4.61. The van der Waals surface area contributed by atoms with Crippen LogP contribution in [0, 0.1) is 0 Å². The number of fused-ring (bicyclic) bond motifs is 3. The summed E-state index contributed by atoms with van der Waals surface area (Å²) >= 11 is 5.86. The number of carbonyl (C=O) groups is 1. The fourth-order valence-corrected chi connectivity index (χ4v) is 3.28. The summed E-state index contributed by atoms with van der Waals surface area (Å²) in [5.41, 5.74) is 6.88. The van der Waals surface area contributed by atoms with Crippen LogP contribution < -0.4 is 5.32 Å². The second-order valence-electron chi connectivity index (χ2n) is 6.08. The number of carbonyl (C=O) groups excluding carboxylic acids is 1. The first-order valence-corrected chi connectivity index (χ1v) is 8.53. The van der Waals surface area contributed by atoms with Gasteiger partial charge in [0.2, 0.25) is 5.91 Å². The van der Waals surface area contributed by atoms with Crippen LogP contribution in [0.1, 0.15) is 16.7 Å². The zero-order valence-electron chi connectivity index (χ0n) is 13.5. The van der Waals surface area contributed by atoms with Crippen LogP contribution in [0.15, 0.2) is 72.8 Å². The van der Waals surface area contributed by atoms with Crippen molar-refractivity contribution in [3.63, 3.8) is 0 Å². The summed E-state index contributed by atoms with van der Waals surface area (Å²) in [5.74, 6) is -0.148. The van der Waals surface area contributed by atoms with Crippen molar-refractivity contribution >= 4 is 29.3 Å². The second-order valence-corrected chi connectivity index (χ2v) is 6.52. The molecule has 0 radical (unpaired) electrons. The van der Waals surface area contributed by atoms with Crippen LogP contribution in [-0.4, -0.2) is 5.91 Å². The summed E-state index contributed by atoms with van der Waals surface area (Å²) in [5, 5.41) is 3.61. The standard InChI is InChI=1S/C22H16ClNO/c23-18-8-5-15(6-9-18)7-12-22(25)24-19-10-11-21-17(14-19)13-16-3-1-2-4-20(16)21/h1-12,14H,13H2,(H,24,25). The molecule has 0 unspecified atom stereocenters. The summed E-state index contributed by atoms with van der Waals surface area (Å²) in [6.45, 7) is 0. The number of halogens is 1. The first-order chi connectivity index (χ1) is 12.2. The first-order valence-electron chi connectivity index (χ1n) is 8.15. The van der Waals surface area contributed by atoms with Crippen LogP contribution in [-0.2, 0) is 11.2 Å². The first kappa shape index (κ1) is 15.7. The Hall–Kier alpha value is -2.84. The number of hydrogen-bond donors (Lipinski definition) is 1. The van der Waals surface area contributed by atoms with Crippen molar-refractivity contribution in [2.45, 2.75) is 6.42 Å². The van der Waals surface area contributed by atoms with E-state index in [1.807, 2.05) is 18.2 Å². The monoisotopic (exact) mass is 345 g/mol. The molecule has 0 atom stereocenters. The summed E-state index contributed by atoms with van der Waals surface area (Å²) < 4.78 is 0. The van der Waals surface area contributed by atoms with Crippen LogP contribution in [0.25, 0.3) is 17.2 Å². The average Bonchev–Trinajstić information content (AvgIpc) is 2.99. The van der Waals surface area contributed by atoms with E-state index in [0.717, 1.165) is 17.7 Å². The van der Waals surface area contributed by atoms with Crippen LogP contribution in [0.5, 0.6) is 0 Å². The molecule has 1 aliphatic rings. The Morgan fingerprint density at radius 3 is 2.52 bits per heavy atom. The number of hydrogen-bond acceptors (Lipinski definition) is 1. The van der Waals surface area contributed by atoms with Crippen molar-refractivity contribution < 1.29 is 4.79 Å². The average molecular weight is 346 g/mol. The van der Waals surface area contributed by atoms with Crippen molar-refractivity contribution in [1.29, 1.82) is 0 Å². The highest BCUT2D eigenvalue weighted by molar-refractivity contribution is 6.30. The third kappa shape index (κ3) is 3.35. The van der Waals surface area contributed by atoms with E-state index in [4.69, 9.17) is 11.6 Å². The maximum atomic E-state index is 12.1. The molecule has 0 saturated carbocycles. The zero-order chi connectivity index (χ0) is 17.2. The second kappa shape index (κ2) is 6.58. The van der Waals surface area contributed by atoms with E-state index in [2.05, 4.69) is 41.7 Å². The lowest BCUT2D eigenvalue weighted by atomic mass is 10.1. The molecule has 1 amide bonds. The SMILES string of the molecule is O=C(C=Cc1ccc(Cl)cc1)Nc1ccc2c(c1)Cc1ccccc1-2. The zero-order valence-corrected chi connectivity index (χ0v) is 14.3. The van der Waals surface area contributed by atoms with Crippen molar-refractivity contribution in [3.8, 4) is 11.1 Å². The number of anilines is 1. The van der Waals surface area contributed by atoms with Gasteiger partial charge in [0.25, 0.3) is 0 Å². The van der Waals surface area contributed by atoms with Crippen LogP contribution in [0.3, 0.4) is 0 Å². The molecule has 2 nitrogen and oxygen atoms in total. The molecule has 0 saturated heterocycles. The Bertz CT molecular complexity index is 974. The maximum absolute atomic E-state index is 12.1. The molecular formula is C22H16ClNO. The third-order valence-electron chi connectivity index (χ3n) is 4.36. The van der Waals surface area contributed by atoms with Crippen molar-refractivity contribution in [2.24, 2.45) is 0 Å². The summed E-state index contributed by atoms with van der Waals surface area (Å²) in [7, 11) is 0. The van der Waals surface area contributed by atoms with E-state index in [-0.39, 0.29) is 5.91 Å². The fourth-order valence-electron chi connectivity index (χ4n) is 3.15. The molecule has 25 heavy (non-hydrogen) atoms. The van der Waals surface area contributed by atoms with Gasteiger partial charge in [-0.25, -0.2) is 0 Å². The smallest absolute Gasteiger partial charge is 0.248 e. The van der Waals surface area contributed by atoms with E-state index in [0.29, 0.717) is 5.02 Å². The minimum Gasteiger partial charge on any atom is -0.323 e. The molecule has 0 fully saturated rings. The van der Waals surface area contributed by atoms with Crippen molar-refractivity contribution in [2.75, 3.05) is 5.32 Å². The summed E-state index contributed by atoms with van der Waals surface area (Å²) in [6.07, 6.45) is 4.22. The molecule has 0 heterocycles. The number of nitrogens with one attached hydrogen (secondary N) is 1. The van der Waals surface area contributed by atoms with E-state index < -0.39 is 0 Å². The van der Waals surface area contributed by atoms with E-state index in [9.17, 15) is 4.79 Å². The molecule has 3 aromatic carbocycles. The molecule has 0 spiro atoms. The quantitative estimate of drug-likeness (QED) is 0.484. The van der Waals surface area contributed by atoms with Gasteiger partial charge >= 0.3 is 0 Å². The van der Waals surface area contributed by atoms with Gasteiger partial charge in [0.15, 0.2) is 0 Å². The van der Waals surface area contributed by atoms with E-state index in [1.54, 1.807) is 18.2 Å². The van der Waals surface area contributed by atoms with Gasteiger partial charge < -0.3 is 5.32 Å². The maximum Gasteiger partial charge on any atom is 0.248 e. The van der Waals surface area contributed by atoms with Crippen molar-refractivity contribution in [1.82, 2.24) is 0 Å². The van der Waals surface area contributed by atoms with Gasteiger partial charge in [-0.3, -0.25) is 4.79 Å². The highest BCUT2D eigenvalue weighted by Gasteiger charge is 2.17.